The molecule has 3 fully saturated rings. The van der Waals surface area contributed by atoms with E-state index >= 15 is 0 Å². The monoisotopic (exact) mass is 458 g/mol. The molecular formula is C18H27IN4O2. The van der Waals surface area contributed by atoms with Gasteiger partial charge in [0.2, 0.25) is 5.91 Å². The largest absolute Gasteiger partial charge is 0.469 e. The first-order valence-electron chi connectivity index (χ1n) is 9.08. The van der Waals surface area contributed by atoms with Crippen molar-refractivity contribution in [2.45, 2.75) is 44.6 Å². The summed E-state index contributed by atoms with van der Waals surface area (Å²) >= 11 is 0. The van der Waals surface area contributed by atoms with Gasteiger partial charge in [-0.25, -0.2) is 0 Å². The minimum Gasteiger partial charge on any atom is -0.469 e. The van der Waals surface area contributed by atoms with Gasteiger partial charge in [-0.2, -0.15) is 0 Å². The lowest BCUT2D eigenvalue weighted by atomic mass is 9.79. The number of carbonyl (C=O) groups excluding carboxylic acids is 1. The van der Waals surface area contributed by atoms with Crippen LogP contribution in [-0.4, -0.2) is 49.0 Å². The van der Waals surface area contributed by atoms with Crippen LogP contribution < -0.4 is 10.6 Å². The van der Waals surface area contributed by atoms with Gasteiger partial charge in [0.25, 0.3) is 0 Å². The van der Waals surface area contributed by atoms with Crippen molar-refractivity contribution in [3.63, 3.8) is 0 Å². The molecule has 1 unspecified atom stereocenters. The average molecular weight is 458 g/mol. The molecule has 1 amide bonds. The zero-order valence-electron chi connectivity index (χ0n) is 14.5. The third-order valence-electron chi connectivity index (χ3n) is 5.27. The second-order valence-electron chi connectivity index (χ2n) is 7.43. The Labute approximate surface area is 165 Å². The average Bonchev–Trinajstić information content (AvgIpc) is 3.11. The Morgan fingerprint density at radius 1 is 1.48 bits per heavy atom. The smallest absolute Gasteiger partial charge is 0.220 e. The van der Waals surface area contributed by atoms with Gasteiger partial charge in [-0.1, -0.05) is 0 Å². The number of likely N-dealkylation sites (tertiary alicyclic amines) is 1. The number of guanidine groups is 1. The van der Waals surface area contributed by atoms with E-state index in [1.165, 1.54) is 12.8 Å². The molecule has 1 aromatic heterocycles. The Kier molecular flexibility index (Phi) is 5.91. The SMILES string of the molecule is I.O=C1CC2(CCCN(C(=NCCc3ccco3)NC3CC3)C2)CN1. The summed E-state index contributed by atoms with van der Waals surface area (Å²) in [4.78, 5) is 18.9. The van der Waals surface area contributed by atoms with Crippen molar-refractivity contribution in [3.8, 4) is 0 Å². The number of nitrogens with one attached hydrogen (secondary N) is 2. The molecule has 2 saturated heterocycles. The number of carbonyl (C=O) groups is 1. The van der Waals surface area contributed by atoms with Crippen LogP contribution in [0.3, 0.4) is 0 Å². The molecule has 25 heavy (non-hydrogen) atoms. The molecular weight excluding hydrogens is 431 g/mol. The van der Waals surface area contributed by atoms with E-state index in [-0.39, 0.29) is 35.3 Å². The molecule has 6 nitrogen and oxygen atoms in total. The second kappa shape index (κ2) is 7.97. The molecule has 7 heteroatoms. The fourth-order valence-corrected chi connectivity index (χ4v) is 3.80. The molecule has 2 N–H and O–H groups in total. The van der Waals surface area contributed by atoms with E-state index in [2.05, 4.69) is 15.5 Å². The Balaban J connectivity index is 0.00000182. The van der Waals surface area contributed by atoms with Crippen LogP contribution in [0.1, 0.15) is 37.9 Å². The van der Waals surface area contributed by atoms with Gasteiger partial charge in [-0.05, 0) is 37.8 Å². The molecule has 1 aromatic rings. The van der Waals surface area contributed by atoms with Crippen LogP contribution >= 0.6 is 24.0 Å². The predicted octanol–water partition coefficient (Wildman–Crippen LogP) is 2.15. The summed E-state index contributed by atoms with van der Waals surface area (Å²) in [5, 5.41) is 6.61. The van der Waals surface area contributed by atoms with E-state index in [9.17, 15) is 4.79 Å². The third kappa shape index (κ3) is 4.68. The van der Waals surface area contributed by atoms with Crippen molar-refractivity contribution < 1.29 is 9.21 Å². The van der Waals surface area contributed by atoms with Gasteiger partial charge in [-0.15, -0.1) is 24.0 Å². The van der Waals surface area contributed by atoms with Gasteiger partial charge in [0.1, 0.15) is 5.76 Å². The molecule has 1 aliphatic carbocycles. The third-order valence-corrected chi connectivity index (χ3v) is 5.27. The Morgan fingerprint density at radius 3 is 3.04 bits per heavy atom. The molecule has 3 heterocycles. The Morgan fingerprint density at radius 2 is 2.36 bits per heavy atom. The van der Waals surface area contributed by atoms with E-state index in [4.69, 9.17) is 9.41 Å². The number of halogens is 1. The zero-order chi connectivity index (χ0) is 16.4. The van der Waals surface area contributed by atoms with E-state index < -0.39 is 0 Å². The molecule has 1 saturated carbocycles. The second-order valence-corrected chi connectivity index (χ2v) is 7.43. The summed E-state index contributed by atoms with van der Waals surface area (Å²) in [5.41, 5.74) is 0.0995. The number of furan rings is 1. The maximum atomic E-state index is 11.7. The molecule has 4 rings (SSSR count). The van der Waals surface area contributed by atoms with Gasteiger partial charge in [0.15, 0.2) is 5.96 Å². The fourth-order valence-electron chi connectivity index (χ4n) is 3.80. The molecule has 0 bridgehead atoms. The fraction of sp³-hybridized carbons (Fsp3) is 0.667. The highest BCUT2D eigenvalue weighted by atomic mass is 127. The molecule has 0 aromatic carbocycles. The summed E-state index contributed by atoms with van der Waals surface area (Å²) in [6.07, 6.45) is 7.91. The summed E-state index contributed by atoms with van der Waals surface area (Å²) in [5.74, 6) is 2.19. The quantitative estimate of drug-likeness (QED) is 0.412. The summed E-state index contributed by atoms with van der Waals surface area (Å²) < 4.78 is 5.39. The first-order chi connectivity index (χ1) is 11.7. The number of piperidine rings is 1. The van der Waals surface area contributed by atoms with Gasteiger partial charge in [0, 0.05) is 50.5 Å². The number of hydrogen-bond donors (Lipinski definition) is 2. The Hall–Kier alpha value is -1.25. The van der Waals surface area contributed by atoms with Crippen LogP contribution in [0.4, 0.5) is 0 Å². The minimum absolute atomic E-state index is 0. The topological polar surface area (TPSA) is 69.9 Å². The van der Waals surface area contributed by atoms with E-state index in [1.807, 2.05) is 12.1 Å². The van der Waals surface area contributed by atoms with E-state index in [0.29, 0.717) is 12.5 Å². The molecule has 0 radical (unpaired) electrons. The number of hydrogen-bond acceptors (Lipinski definition) is 3. The molecule has 2 aliphatic heterocycles. The van der Waals surface area contributed by atoms with Crippen LogP contribution in [0.5, 0.6) is 0 Å². The highest BCUT2D eigenvalue weighted by Crippen LogP contribution is 2.36. The van der Waals surface area contributed by atoms with Gasteiger partial charge in [0.05, 0.1) is 6.26 Å². The number of rotatable bonds is 4. The van der Waals surface area contributed by atoms with Gasteiger partial charge >= 0.3 is 0 Å². The normalized spacial score (nSPS) is 26.5. The van der Waals surface area contributed by atoms with Crippen molar-refractivity contribution in [1.82, 2.24) is 15.5 Å². The zero-order valence-corrected chi connectivity index (χ0v) is 16.8. The molecule has 1 atom stereocenters. The maximum Gasteiger partial charge on any atom is 0.220 e. The lowest BCUT2D eigenvalue weighted by Gasteiger charge is -2.41. The van der Waals surface area contributed by atoms with Gasteiger partial charge < -0.3 is 20.0 Å². The van der Waals surface area contributed by atoms with Crippen LogP contribution in [0.2, 0.25) is 0 Å². The first kappa shape index (κ1) is 18.5. The standard InChI is InChI=1S/C18H26N4O2.HI/c23-16-11-18(12-20-16)7-2-9-22(13-18)17(21-14-4-5-14)19-8-6-15-3-1-10-24-15;/h1,3,10,14H,2,4-9,11-13H2,(H,19,21)(H,20,23);1H. The minimum atomic E-state index is 0. The Bertz CT molecular complexity index is 615. The molecule has 3 aliphatic rings. The first-order valence-corrected chi connectivity index (χ1v) is 9.08. The van der Waals surface area contributed by atoms with E-state index in [0.717, 1.165) is 57.2 Å². The maximum absolute atomic E-state index is 11.7. The van der Waals surface area contributed by atoms with Crippen LogP contribution in [0.15, 0.2) is 27.8 Å². The number of amides is 1. The van der Waals surface area contributed by atoms with Crippen LogP contribution in [-0.2, 0) is 11.2 Å². The van der Waals surface area contributed by atoms with Crippen molar-refractivity contribution in [3.05, 3.63) is 24.2 Å². The number of aliphatic imine (C=N–C) groups is 1. The summed E-state index contributed by atoms with van der Waals surface area (Å²) in [6.45, 7) is 3.48. The van der Waals surface area contributed by atoms with Crippen LogP contribution in [0.25, 0.3) is 0 Å². The van der Waals surface area contributed by atoms with Crippen LogP contribution in [0, 0.1) is 5.41 Å². The van der Waals surface area contributed by atoms with Crippen molar-refractivity contribution in [2.24, 2.45) is 10.4 Å². The van der Waals surface area contributed by atoms with Crippen molar-refractivity contribution in [1.29, 1.82) is 0 Å². The molecule has 1 spiro atoms. The summed E-state index contributed by atoms with van der Waals surface area (Å²) in [7, 11) is 0. The van der Waals surface area contributed by atoms with Crippen molar-refractivity contribution >= 4 is 35.8 Å². The number of nitrogens with zero attached hydrogens (tertiary/aromatic N) is 2. The highest BCUT2D eigenvalue weighted by Gasteiger charge is 2.42. The highest BCUT2D eigenvalue weighted by molar-refractivity contribution is 14.0. The molecule has 138 valence electrons. The lowest BCUT2D eigenvalue weighted by Crippen LogP contribution is -2.51. The van der Waals surface area contributed by atoms with Crippen molar-refractivity contribution in [2.75, 3.05) is 26.2 Å². The van der Waals surface area contributed by atoms with Gasteiger partial charge in [-0.3, -0.25) is 9.79 Å². The van der Waals surface area contributed by atoms with E-state index in [1.54, 1.807) is 6.26 Å². The summed E-state index contributed by atoms with van der Waals surface area (Å²) in [6, 6.07) is 4.49. The predicted molar refractivity (Wildman–Crippen MR) is 107 cm³/mol. The lowest BCUT2D eigenvalue weighted by molar-refractivity contribution is -0.119.